The van der Waals surface area contributed by atoms with Crippen LogP contribution in [0.15, 0.2) is 24.3 Å². The van der Waals surface area contributed by atoms with Crippen LogP contribution < -0.4 is 5.30 Å². The molecule has 0 bridgehead atoms. The van der Waals surface area contributed by atoms with E-state index < -0.39 is 10.7 Å². The molecule has 5 heteroatoms. The molecular formula is C23H40NO3P. The van der Waals surface area contributed by atoms with Gasteiger partial charge in [0.2, 0.25) is 0 Å². The molecule has 4 nitrogen and oxygen atoms in total. The zero-order chi connectivity index (χ0) is 21.0. The molecule has 0 spiro atoms. The van der Waals surface area contributed by atoms with Crippen molar-refractivity contribution in [2.75, 3.05) is 13.1 Å². The highest BCUT2D eigenvalue weighted by Gasteiger charge is 2.31. The third-order valence-electron chi connectivity index (χ3n) is 4.72. The highest BCUT2D eigenvalue weighted by atomic mass is 31.1. The summed E-state index contributed by atoms with van der Waals surface area (Å²) in [6, 6.07) is 8.14. The van der Waals surface area contributed by atoms with Gasteiger partial charge in [-0.1, -0.05) is 91.0 Å². The number of hydrogen-bond donors (Lipinski definition) is 0. The lowest BCUT2D eigenvalue weighted by Crippen LogP contribution is -2.51. The molecule has 0 aliphatic carbocycles. The monoisotopic (exact) mass is 409 g/mol. The largest absolute Gasteiger partial charge is 0.622 e. The van der Waals surface area contributed by atoms with E-state index in [1.807, 2.05) is 45.9 Å². The van der Waals surface area contributed by atoms with Crippen molar-refractivity contribution in [3.63, 3.8) is 0 Å². The number of carbonyl (C=O) groups is 1. The molecule has 1 rings (SSSR count). The number of quaternary nitrogens is 1. The van der Waals surface area contributed by atoms with Crippen LogP contribution in [0, 0.1) is 17.0 Å². The summed E-state index contributed by atoms with van der Waals surface area (Å²) in [5.41, 5.74) is 1.24. The summed E-state index contributed by atoms with van der Waals surface area (Å²) >= 11 is 0. The van der Waals surface area contributed by atoms with Crippen molar-refractivity contribution in [3.05, 3.63) is 35.0 Å². The molecule has 0 radical (unpaired) electrons. The molecule has 28 heavy (non-hydrogen) atoms. The van der Waals surface area contributed by atoms with Gasteiger partial charge in [-0.05, 0) is 18.4 Å². The second-order valence-electron chi connectivity index (χ2n) is 8.69. The van der Waals surface area contributed by atoms with E-state index in [9.17, 15) is 10.0 Å². The molecule has 0 saturated heterocycles. The first-order valence-corrected chi connectivity index (χ1v) is 11.8. The smallest absolute Gasteiger partial charge is 0.518 e. The van der Waals surface area contributed by atoms with Gasteiger partial charge in [0, 0.05) is 17.1 Å². The van der Waals surface area contributed by atoms with Gasteiger partial charge in [0.05, 0.1) is 13.1 Å². The second-order valence-corrected chi connectivity index (χ2v) is 9.63. The highest BCUT2D eigenvalue weighted by molar-refractivity contribution is 7.42. The standard InChI is InChI=1S/C23H40NO3P/c1-6-7-8-9-10-11-14-21-15-12-13-16-22(21)28-27-23(25)24(26,17-19(2)3)18-20(4)5/h12-13,15-16,19-20,28H,6-11,14,17-18H2,1-5H3. The summed E-state index contributed by atoms with van der Waals surface area (Å²) in [6.45, 7) is 10.6. The Hall–Kier alpha value is -0.960. The summed E-state index contributed by atoms with van der Waals surface area (Å²) in [4.78, 5) is 12.6. The van der Waals surface area contributed by atoms with Crippen molar-refractivity contribution in [1.82, 2.24) is 0 Å². The molecule has 0 saturated carbocycles. The van der Waals surface area contributed by atoms with Crippen molar-refractivity contribution < 1.29 is 14.0 Å². The molecule has 0 fully saturated rings. The van der Waals surface area contributed by atoms with E-state index in [0.717, 1.165) is 18.1 Å². The van der Waals surface area contributed by atoms with Crippen LogP contribution in [0.4, 0.5) is 4.79 Å². The van der Waals surface area contributed by atoms with Crippen LogP contribution >= 0.6 is 8.81 Å². The van der Waals surface area contributed by atoms with Gasteiger partial charge in [-0.3, -0.25) is 4.65 Å². The number of nitrogens with zero attached hydrogens (tertiary/aromatic N) is 1. The first kappa shape index (κ1) is 25.1. The number of amides is 1. The molecule has 1 aromatic rings. The highest BCUT2D eigenvalue weighted by Crippen LogP contribution is 2.23. The Morgan fingerprint density at radius 2 is 1.57 bits per heavy atom. The number of rotatable bonds is 13. The number of carbonyl (C=O) groups excluding carboxylic acids is 1. The van der Waals surface area contributed by atoms with Gasteiger partial charge >= 0.3 is 6.09 Å². The molecule has 160 valence electrons. The number of aryl methyl sites for hydroxylation is 1. The summed E-state index contributed by atoms with van der Waals surface area (Å²) in [6.07, 6.45) is 7.93. The van der Waals surface area contributed by atoms with Crippen LogP contribution in [-0.4, -0.2) is 23.8 Å². The summed E-state index contributed by atoms with van der Waals surface area (Å²) in [7, 11) is -0.103. The minimum atomic E-state index is -0.887. The van der Waals surface area contributed by atoms with Gasteiger partial charge in [0.15, 0.2) is 0 Å². The first-order valence-electron chi connectivity index (χ1n) is 10.9. The number of benzene rings is 1. The van der Waals surface area contributed by atoms with Crippen LogP contribution in [0.25, 0.3) is 0 Å². The molecule has 1 amide bonds. The maximum atomic E-state index is 13.1. The van der Waals surface area contributed by atoms with E-state index in [1.54, 1.807) is 0 Å². The molecule has 0 N–H and O–H groups in total. The van der Waals surface area contributed by atoms with Crippen molar-refractivity contribution >= 4 is 20.2 Å². The first-order chi connectivity index (χ1) is 13.3. The lowest BCUT2D eigenvalue weighted by atomic mass is 10.1. The molecule has 0 heterocycles. The Bertz CT molecular complexity index is 565. The third kappa shape index (κ3) is 9.49. The zero-order valence-corrected chi connectivity index (χ0v) is 19.5. The van der Waals surface area contributed by atoms with Gasteiger partial charge in [0.25, 0.3) is 0 Å². The fourth-order valence-electron chi connectivity index (χ4n) is 3.52. The van der Waals surface area contributed by atoms with Gasteiger partial charge in [-0.25, -0.2) is 0 Å². The number of hydrogen-bond acceptors (Lipinski definition) is 3. The maximum absolute atomic E-state index is 13.1. The Balaban J connectivity index is 2.63. The lowest BCUT2D eigenvalue weighted by Gasteiger charge is -2.40. The van der Waals surface area contributed by atoms with Crippen LogP contribution in [0.1, 0.15) is 78.7 Å². The zero-order valence-electron chi connectivity index (χ0n) is 18.5. The maximum Gasteiger partial charge on any atom is 0.518 e. The van der Waals surface area contributed by atoms with Crippen molar-refractivity contribution in [1.29, 1.82) is 0 Å². The average molecular weight is 410 g/mol. The average Bonchev–Trinajstić information content (AvgIpc) is 2.62. The normalized spacial score (nSPS) is 12.4. The van der Waals surface area contributed by atoms with Gasteiger partial charge in [-0.15, -0.1) is 0 Å². The SMILES string of the molecule is CCCCCCCCc1ccccc1POC(=O)[N+]([O-])(CC(C)C)CC(C)C. The van der Waals surface area contributed by atoms with Gasteiger partial charge in [-0.2, -0.15) is 4.79 Å². The van der Waals surface area contributed by atoms with E-state index in [1.165, 1.54) is 37.7 Å². The molecule has 1 aromatic carbocycles. The van der Waals surface area contributed by atoms with Crippen LogP contribution in [0.5, 0.6) is 0 Å². The Labute approximate surface area is 174 Å². The number of hydroxylamine groups is 3. The Morgan fingerprint density at radius 1 is 1.00 bits per heavy atom. The summed E-state index contributed by atoms with van der Waals surface area (Å²) < 4.78 is 4.66. The molecule has 0 aliphatic heterocycles. The predicted octanol–water partition coefficient (Wildman–Crippen LogP) is 6.57. The van der Waals surface area contributed by atoms with E-state index in [2.05, 4.69) is 13.0 Å². The van der Waals surface area contributed by atoms with Crippen LogP contribution in [0.2, 0.25) is 0 Å². The Kier molecular flexibility index (Phi) is 11.9. The van der Waals surface area contributed by atoms with Crippen molar-refractivity contribution in [3.8, 4) is 0 Å². The van der Waals surface area contributed by atoms with Crippen LogP contribution in [0.3, 0.4) is 0 Å². The summed E-state index contributed by atoms with van der Waals surface area (Å²) in [5.74, 6) is 0.291. The Morgan fingerprint density at radius 3 is 2.18 bits per heavy atom. The van der Waals surface area contributed by atoms with Crippen molar-refractivity contribution in [2.24, 2.45) is 11.8 Å². The third-order valence-corrected chi connectivity index (χ3v) is 5.70. The molecule has 1 unspecified atom stereocenters. The molecule has 0 aliphatic rings. The van der Waals surface area contributed by atoms with Gasteiger partial charge in [0.1, 0.15) is 8.81 Å². The van der Waals surface area contributed by atoms with E-state index in [0.29, 0.717) is 0 Å². The summed E-state index contributed by atoms with van der Waals surface area (Å²) in [5, 5.41) is 14.1. The van der Waals surface area contributed by atoms with E-state index in [-0.39, 0.29) is 33.7 Å². The fraction of sp³-hybridized carbons (Fsp3) is 0.696. The minimum Gasteiger partial charge on any atom is -0.622 e. The fourth-order valence-corrected chi connectivity index (χ4v) is 4.39. The minimum absolute atomic E-state index is 0.103. The number of unbranched alkanes of at least 4 members (excludes halogenated alkanes) is 5. The topological polar surface area (TPSA) is 49.4 Å². The lowest BCUT2D eigenvalue weighted by molar-refractivity contribution is -0.812. The predicted molar refractivity (Wildman–Crippen MR) is 121 cm³/mol. The second kappa shape index (κ2) is 13.3. The molecule has 0 aromatic heterocycles. The quantitative estimate of drug-likeness (QED) is 0.160. The van der Waals surface area contributed by atoms with E-state index >= 15 is 0 Å². The van der Waals surface area contributed by atoms with E-state index in [4.69, 9.17) is 4.52 Å². The van der Waals surface area contributed by atoms with Crippen LogP contribution in [-0.2, 0) is 10.9 Å². The molecular weight excluding hydrogens is 369 g/mol. The molecule has 1 atom stereocenters. The van der Waals surface area contributed by atoms with Crippen molar-refractivity contribution in [2.45, 2.75) is 79.6 Å². The van der Waals surface area contributed by atoms with Gasteiger partial charge < -0.3 is 9.73 Å².